The highest BCUT2D eigenvalue weighted by Crippen LogP contribution is 2.07. The number of anilines is 1. The van der Waals surface area contributed by atoms with Crippen LogP contribution in [0.25, 0.3) is 0 Å². The second kappa shape index (κ2) is 4.58. The molecule has 0 aliphatic rings. The van der Waals surface area contributed by atoms with Crippen molar-refractivity contribution in [2.24, 2.45) is 0 Å². The molecule has 0 unspecified atom stereocenters. The van der Waals surface area contributed by atoms with Crippen LogP contribution in [0, 0.1) is 11.5 Å². The fraction of sp³-hybridized carbons (Fsp3) is 0.429. The zero-order valence-corrected chi connectivity index (χ0v) is 8.58. The molecule has 0 aliphatic carbocycles. The van der Waals surface area contributed by atoms with Gasteiger partial charge in [0.1, 0.15) is 0 Å². The van der Waals surface area contributed by atoms with Crippen LogP contribution in [0.15, 0.2) is 0 Å². The van der Waals surface area contributed by atoms with Crippen LogP contribution < -0.4 is 10.2 Å². The van der Waals surface area contributed by atoms with E-state index in [2.05, 4.69) is 20.3 Å². The number of nitriles is 1. The zero-order chi connectivity index (χ0) is 10.6. The van der Waals surface area contributed by atoms with Gasteiger partial charge in [0.2, 0.25) is 11.2 Å². The van der Waals surface area contributed by atoms with Gasteiger partial charge in [-0.15, -0.1) is 0 Å². The van der Waals surface area contributed by atoms with E-state index in [4.69, 9.17) is 16.9 Å². The van der Waals surface area contributed by atoms with Crippen LogP contribution in [0.3, 0.4) is 0 Å². The maximum absolute atomic E-state index is 8.30. The Morgan fingerprint density at radius 2 is 2.14 bits per heavy atom. The first kappa shape index (κ1) is 10.5. The molecule has 0 radical (unpaired) electrons. The molecule has 14 heavy (non-hydrogen) atoms. The van der Waals surface area contributed by atoms with E-state index in [1.54, 1.807) is 25.2 Å². The molecule has 7 heteroatoms. The van der Waals surface area contributed by atoms with Gasteiger partial charge in [-0.25, -0.2) is 4.98 Å². The number of aromatic nitrogens is 3. The van der Waals surface area contributed by atoms with Gasteiger partial charge in [0, 0.05) is 14.1 Å². The summed E-state index contributed by atoms with van der Waals surface area (Å²) in [6.07, 6.45) is 1.78. The van der Waals surface area contributed by atoms with Gasteiger partial charge in [-0.1, -0.05) is 0 Å². The van der Waals surface area contributed by atoms with Gasteiger partial charge in [0.25, 0.3) is 0 Å². The molecule has 1 aromatic rings. The maximum atomic E-state index is 8.30. The van der Waals surface area contributed by atoms with Gasteiger partial charge < -0.3 is 10.2 Å². The van der Waals surface area contributed by atoms with Crippen LogP contribution in [0.5, 0.6) is 0 Å². The maximum Gasteiger partial charge on any atom is 0.229 e. The topological polar surface area (TPSA) is 77.7 Å². The molecule has 6 nitrogen and oxygen atoms in total. The fourth-order valence-electron chi connectivity index (χ4n) is 0.777. The summed E-state index contributed by atoms with van der Waals surface area (Å²) in [6.45, 7) is 0.250. The van der Waals surface area contributed by atoms with Gasteiger partial charge >= 0.3 is 0 Å². The summed E-state index contributed by atoms with van der Waals surface area (Å²) in [5.41, 5.74) is 0. The standard InChI is InChI=1S/C7H9ClN6/c1-14(2)7-12-5(3-10-4-9)11-6(8)13-7/h10H,3H2,1-2H3. The predicted molar refractivity (Wildman–Crippen MR) is 51.6 cm³/mol. The highest BCUT2D eigenvalue weighted by molar-refractivity contribution is 6.28. The van der Waals surface area contributed by atoms with Crippen LogP contribution in [0.2, 0.25) is 5.28 Å². The minimum atomic E-state index is 0.124. The Balaban J connectivity index is 2.90. The summed E-state index contributed by atoms with van der Waals surface area (Å²) in [4.78, 5) is 13.5. The lowest BCUT2D eigenvalue weighted by Crippen LogP contribution is -2.17. The van der Waals surface area contributed by atoms with E-state index in [0.29, 0.717) is 11.8 Å². The zero-order valence-electron chi connectivity index (χ0n) is 7.82. The summed E-state index contributed by atoms with van der Waals surface area (Å²) in [5, 5.41) is 10.9. The van der Waals surface area contributed by atoms with Gasteiger partial charge in [-0.05, 0) is 11.6 Å². The number of hydrogen-bond donors (Lipinski definition) is 1. The molecular weight excluding hydrogens is 204 g/mol. The molecule has 0 spiro atoms. The van der Waals surface area contributed by atoms with E-state index >= 15 is 0 Å². The molecule has 0 aromatic carbocycles. The van der Waals surface area contributed by atoms with E-state index in [9.17, 15) is 0 Å². The van der Waals surface area contributed by atoms with Crippen molar-refractivity contribution >= 4 is 17.5 Å². The third-order valence-corrected chi connectivity index (χ3v) is 1.54. The lowest BCUT2D eigenvalue weighted by atomic mass is 10.6. The molecule has 0 saturated heterocycles. The van der Waals surface area contributed by atoms with E-state index in [-0.39, 0.29) is 11.8 Å². The predicted octanol–water partition coefficient (Wildman–Crippen LogP) is 0.162. The monoisotopic (exact) mass is 212 g/mol. The summed E-state index contributed by atoms with van der Waals surface area (Å²) >= 11 is 5.67. The van der Waals surface area contributed by atoms with E-state index in [1.807, 2.05) is 0 Å². The minimum absolute atomic E-state index is 0.124. The number of rotatable bonds is 3. The second-order valence-electron chi connectivity index (χ2n) is 2.68. The van der Waals surface area contributed by atoms with Crippen molar-refractivity contribution in [3.05, 3.63) is 11.1 Å². The van der Waals surface area contributed by atoms with Crippen LogP contribution in [0.4, 0.5) is 5.95 Å². The van der Waals surface area contributed by atoms with Gasteiger partial charge in [0.05, 0.1) is 6.54 Å². The first-order valence-electron chi connectivity index (χ1n) is 3.83. The Labute approximate surface area is 86.6 Å². The van der Waals surface area contributed by atoms with Crippen molar-refractivity contribution in [1.82, 2.24) is 20.3 Å². The molecule has 74 valence electrons. The van der Waals surface area contributed by atoms with Crippen molar-refractivity contribution in [3.8, 4) is 6.19 Å². The first-order chi connectivity index (χ1) is 6.63. The number of halogens is 1. The van der Waals surface area contributed by atoms with Crippen molar-refractivity contribution in [1.29, 1.82) is 5.26 Å². The number of nitrogens with zero attached hydrogens (tertiary/aromatic N) is 5. The van der Waals surface area contributed by atoms with Gasteiger partial charge in [-0.3, -0.25) is 0 Å². The molecular formula is C7H9ClN6. The lowest BCUT2D eigenvalue weighted by molar-refractivity contribution is 0.782. The van der Waals surface area contributed by atoms with Crippen LogP contribution in [0.1, 0.15) is 5.82 Å². The van der Waals surface area contributed by atoms with E-state index in [1.165, 1.54) is 0 Å². The Morgan fingerprint density at radius 1 is 1.43 bits per heavy atom. The van der Waals surface area contributed by atoms with Crippen molar-refractivity contribution in [2.75, 3.05) is 19.0 Å². The third-order valence-electron chi connectivity index (χ3n) is 1.37. The summed E-state index contributed by atoms with van der Waals surface area (Å²) in [5.74, 6) is 0.912. The smallest absolute Gasteiger partial charge is 0.229 e. The molecule has 0 saturated carbocycles. The molecule has 1 rings (SSSR count). The minimum Gasteiger partial charge on any atom is -0.347 e. The highest BCUT2D eigenvalue weighted by Gasteiger charge is 2.05. The molecule has 0 amide bonds. The number of hydrogen-bond acceptors (Lipinski definition) is 6. The Hall–Kier alpha value is -1.61. The quantitative estimate of drug-likeness (QED) is 0.568. The van der Waals surface area contributed by atoms with E-state index < -0.39 is 0 Å². The normalized spacial score (nSPS) is 9.29. The first-order valence-corrected chi connectivity index (χ1v) is 4.21. The molecule has 0 bridgehead atoms. The molecule has 0 fully saturated rings. The fourth-order valence-corrected chi connectivity index (χ4v) is 0.950. The summed E-state index contributed by atoms with van der Waals surface area (Å²) in [7, 11) is 3.60. The average molecular weight is 213 g/mol. The highest BCUT2D eigenvalue weighted by atomic mass is 35.5. The van der Waals surface area contributed by atoms with E-state index in [0.717, 1.165) is 0 Å². The Bertz CT molecular complexity index is 358. The SMILES string of the molecule is CN(C)c1nc(Cl)nc(CNC#N)n1. The van der Waals surface area contributed by atoms with Crippen molar-refractivity contribution < 1.29 is 0 Å². The molecule has 0 aliphatic heterocycles. The van der Waals surface area contributed by atoms with Crippen LogP contribution >= 0.6 is 11.6 Å². The van der Waals surface area contributed by atoms with Gasteiger partial charge in [-0.2, -0.15) is 15.2 Å². The molecule has 0 atom stereocenters. The van der Waals surface area contributed by atoms with Crippen molar-refractivity contribution in [3.63, 3.8) is 0 Å². The van der Waals surface area contributed by atoms with Crippen LogP contribution in [-0.4, -0.2) is 29.0 Å². The van der Waals surface area contributed by atoms with Crippen molar-refractivity contribution in [2.45, 2.75) is 6.54 Å². The average Bonchev–Trinajstić information content (AvgIpc) is 2.14. The largest absolute Gasteiger partial charge is 0.347 e. The third kappa shape index (κ3) is 2.71. The van der Waals surface area contributed by atoms with Gasteiger partial charge in [0.15, 0.2) is 12.0 Å². The number of nitrogens with one attached hydrogen (secondary N) is 1. The summed E-state index contributed by atoms with van der Waals surface area (Å²) < 4.78 is 0. The Kier molecular flexibility index (Phi) is 3.42. The second-order valence-corrected chi connectivity index (χ2v) is 3.02. The molecule has 1 aromatic heterocycles. The molecule has 1 heterocycles. The Morgan fingerprint density at radius 3 is 2.71 bits per heavy atom. The summed E-state index contributed by atoms with van der Waals surface area (Å²) in [6, 6.07) is 0. The lowest BCUT2D eigenvalue weighted by Gasteiger charge is -2.10. The molecule has 1 N–H and O–H groups in total. The van der Waals surface area contributed by atoms with Crippen LogP contribution in [-0.2, 0) is 6.54 Å².